The van der Waals surface area contributed by atoms with Crippen LogP contribution in [-0.4, -0.2) is 37.0 Å². The molecule has 0 aliphatic carbocycles. The molecule has 0 unspecified atom stereocenters. The Kier molecular flexibility index (Phi) is 6.02. The summed E-state index contributed by atoms with van der Waals surface area (Å²) < 4.78 is 5.38. The Bertz CT molecular complexity index is 427. The fourth-order valence-electron chi connectivity index (χ4n) is 1.95. The summed E-state index contributed by atoms with van der Waals surface area (Å²) in [5, 5.41) is 0. The first-order chi connectivity index (χ1) is 9.43. The van der Waals surface area contributed by atoms with Gasteiger partial charge >= 0.3 is 0 Å². The smallest absolute Gasteiger partial charge is 0.253 e. The minimum atomic E-state index is -0.0725. The van der Waals surface area contributed by atoms with E-state index in [1.165, 1.54) is 0 Å². The van der Waals surface area contributed by atoms with E-state index in [1.807, 2.05) is 43.0 Å². The third-order valence-electron chi connectivity index (χ3n) is 3.25. The van der Waals surface area contributed by atoms with Crippen LogP contribution in [-0.2, 0) is 0 Å². The second-order valence-electron chi connectivity index (χ2n) is 5.65. The molecule has 20 heavy (non-hydrogen) atoms. The molecule has 1 amide bonds. The maximum Gasteiger partial charge on any atom is 0.253 e. The molecule has 0 aliphatic heterocycles. The minimum absolute atomic E-state index is 0.0390. The molecular weight excluding hydrogens is 252 g/mol. The maximum absolute atomic E-state index is 12.5. The SMILES string of the molecule is CCOc1ccc(C(=O)N(CC)CC(C)(C)CN)cc1. The molecule has 0 saturated carbocycles. The van der Waals surface area contributed by atoms with Crippen LogP contribution in [0, 0.1) is 5.41 Å². The fraction of sp³-hybridized carbons (Fsp3) is 0.562. The fourth-order valence-corrected chi connectivity index (χ4v) is 1.95. The van der Waals surface area contributed by atoms with Crippen molar-refractivity contribution in [1.29, 1.82) is 0 Å². The summed E-state index contributed by atoms with van der Waals surface area (Å²) in [4.78, 5) is 14.3. The van der Waals surface area contributed by atoms with E-state index < -0.39 is 0 Å². The van der Waals surface area contributed by atoms with E-state index in [4.69, 9.17) is 10.5 Å². The zero-order valence-corrected chi connectivity index (χ0v) is 13.0. The molecule has 0 radical (unpaired) electrons. The standard InChI is InChI=1S/C16H26N2O2/c1-5-18(12-16(3,4)11-17)15(19)13-7-9-14(10-8-13)20-6-2/h7-10H,5-6,11-12,17H2,1-4H3. The average molecular weight is 278 g/mol. The van der Waals surface area contributed by atoms with Crippen LogP contribution in [0.15, 0.2) is 24.3 Å². The molecule has 0 atom stereocenters. The van der Waals surface area contributed by atoms with Crippen molar-refractivity contribution in [2.45, 2.75) is 27.7 Å². The summed E-state index contributed by atoms with van der Waals surface area (Å²) in [6.07, 6.45) is 0. The molecule has 2 N–H and O–H groups in total. The molecule has 0 fully saturated rings. The van der Waals surface area contributed by atoms with Crippen LogP contribution in [0.25, 0.3) is 0 Å². The van der Waals surface area contributed by atoms with E-state index in [-0.39, 0.29) is 11.3 Å². The van der Waals surface area contributed by atoms with E-state index in [0.717, 1.165) is 5.75 Å². The highest BCUT2D eigenvalue weighted by atomic mass is 16.5. The Balaban J connectivity index is 2.80. The molecule has 4 nitrogen and oxygen atoms in total. The Labute approximate surface area is 121 Å². The second kappa shape index (κ2) is 7.29. The number of carbonyl (C=O) groups excluding carboxylic acids is 1. The quantitative estimate of drug-likeness (QED) is 0.834. The molecule has 0 heterocycles. The normalized spacial score (nSPS) is 11.2. The summed E-state index contributed by atoms with van der Waals surface area (Å²) >= 11 is 0. The zero-order valence-electron chi connectivity index (χ0n) is 13.0. The lowest BCUT2D eigenvalue weighted by Gasteiger charge is -2.31. The van der Waals surface area contributed by atoms with Crippen LogP contribution in [0.3, 0.4) is 0 Å². The average Bonchev–Trinajstić information content (AvgIpc) is 2.45. The molecule has 0 aromatic heterocycles. The van der Waals surface area contributed by atoms with Crippen molar-refractivity contribution < 1.29 is 9.53 Å². The molecular formula is C16H26N2O2. The summed E-state index contributed by atoms with van der Waals surface area (Å²) in [5.74, 6) is 0.825. The van der Waals surface area contributed by atoms with Gasteiger partial charge in [-0.15, -0.1) is 0 Å². The highest BCUT2D eigenvalue weighted by Crippen LogP contribution is 2.18. The first kappa shape index (κ1) is 16.5. The summed E-state index contributed by atoms with van der Waals surface area (Å²) in [7, 11) is 0. The van der Waals surface area contributed by atoms with Gasteiger partial charge in [0.1, 0.15) is 5.75 Å². The van der Waals surface area contributed by atoms with Crippen molar-refractivity contribution in [1.82, 2.24) is 4.90 Å². The van der Waals surface area contributed by atoms with Gasteiger partial charge in [0, 0.05) is 18.7 Å². The third kappa shape index (κ3) is 4.53. The van der Waals surface area contributed by atoms with Crippen LogP contribution in [0.4, 0.5) is 0 Å². The monoisotopic (exact) mass is 278 g/mol. The Morgan fingerprint density at radius 2 is 1.85 bits per heavy atom. The number of rotatable bonds is 7. The van der Waals surface area contributed by atoms with E-state index >= 15 is 0 Å². The lowest BCUT2D eigenvalue weighted by atomic mass is 9.93. The lowest BCUT2D eigenvalue weighted by Crippen LogP contribution is -2.41. The van der Waals surface area contributed by atoms with Gasteiger partial charge in [-0.05, 0) is 50.1 Å². The largest absolute Gasteiger partial charge is 0.494 e. The Hall–Kier alpha value is -1.55. The van der Waals surface area contributed by atoms with E-state index in [0.29, 0.717) is 31.8 Å². The van der Waals surface area contributed by atoms with Crippen LogP contribution >= 0.6 is 0 Å². The van der Waals surface area contributed by atoms with E-state index in [2.05, 4.69) is 13.8 Å². The molecule has 1 aromatic carbocycles. The molecule has 1 rings (SSSR count). The number of hydrogen-bond acceptors (Lipinski definition) is 3. The van der Waals surface area contributed by atoms with Gasteiger partial charge in [-0.2, -0.15) is 0 Å². The van der Waals surface area contributed by atoms with Crippen molar-refractivity contribution in [2.24, 2.45) is 11.1 Å². The highest BCUT2D eigenvalue weighted by Gasteiger charge is 2.23. The number of amides is 1. The number of benzene rings is 1. The number of ether oxygens (including phenoxy) is 1. The number of nitrogens with two attached hydrogens (primary N) is 1. The van der Waals surface area contributed by atoms with Gasteiger partial charge in [-0.3, -0.25) is 4.79 Å². The van der Waals surface area contributed by atoms with Crippen molar-refractivity contribution in [2.75, 3.05) is 26.2 Å². The van der Waals surface area contributed by atoms with Crippen molar-refractivity contribution in [3.05, 3.63) is 29.8 Å². The summed E-state index contributed by atoms with van der Waals surface area (Å²) in [6.45, 7) is 10.6. The number of carbonyl (C=O) groups is 1. The van der Waals surface area contributed by atoms with Gasteiger partial charge in [0.2, 0.25) is 0 Å². The van der Waals surface area contributed by atoms with Crippen molar-refractivity contribution in [3.63, 3.8) is 0 Å². The van der Waals surface area contributed by atoms with Crippen LogP contribution in [0.1, 0.15) is 38.1 Å². The van der Waals surface area contributed by atoms with Gasteiger partial charge < -0.3 is 15.4 Å². The molecule has 0 saturated heterocycles. The minimum Gasteiger partial charge on any atom is -0.494 e. The molecule has 1 aromatic rings. The van der Waals surface area contributed by atoms with Crippen LogP contribution in [0.5, 0.6) is 5.75 Å². The molecule has 0 bridgehead atoms. The summed E-state index contributed by atoms with van der Waals surface area (Å²) in [6, 6.07) is 7.29. The lowest BCUT2D eigenvalue weighted by molar-refractivity contribution is 0.0701. The third-order valence-corrected chi connectivity index (χ3v) is 3.25. The predicted molar refractivity (Wildman–Crippen MR) is 82.0 cm³/mol. The van der Waals surface area contributed by atoms with Gasteiger partial charge in [-0.1, -0.05) is 13.8 Å². The predicted octanol–water partition coefficient (Wildman–Crippen LogP) is 2.53. The Morgan fingerprint density at radius 1 is 1.25 bits per heavy atom. The molecule has 0 aliphatic rings. The van der Waals surface area contributed by atoms with Crippen molar-refractivity contribution >= 4 is 5.91 Å². The molecule has 112 valence electrons. The van der Waals surface area contributed by atoms with Gasteiger partial charge in [0.15, 0.2) is 0 Å². The molecule has 0 spiro atoms. The Morgan fingerprint density at radius 3 is 2.30 bits per heavy atom. The first-order valence-corrected chi connectivity index (χ1v) is 7.15. The van der Waals surface area contributed by atoms with Gasteiger partial charge in [-0.25, -0.2) is 0 Å². The topological polar surface area (TPSA) is 55.6 Å². The molecule has 4 heteroatoms. The van der Waals surface area contributed by atoms with Crippen molar-refractivity contribution in [3.8, 4) is 5.75 Å². The number of hydrogen-bond donors (Lipinski definition) is 1. The second-order valence-corrected chi connectivity index (χ2v) is 5.65. The van der Waals surface area contributed by atoms with Crippen LogP contribution in [0.2, 0.25) is 0 Å². The van der Waals surface area contributed by atoms with Crippen LogP contribution < -0.4 is 10.5 Å². The summed E-state index contributed by atoms with van der Waals surface area (Å²) in [5.41, 5.74) is 6.36. The van der Waals surface area contributed by atoms with Gasteiger partial charge in [0.25, 0.3) is 5.91 Å². The maximum atomic E-state index is 12.5. The first-order valence-electron chi connectivity index (χ1n) is 7.15. The van der Waals surface area contributed by atoms with E-state index in [9.17, 15) is 4.79 Å². The zero-order chi connectivity index (χ0) is 15.2. The van der Waals surface area contributed by atoms with E-state index in [1.54, 1.807) is 0 Å². The highest BCUT2D eigenvalue weighted by molar-refractivity contribution is 5.94. The van der Waals surface area contributed by atoms with Gasteiger partial charge in [0.05, 0.1) is 6.61 Å². The number of nitrogens with zero attached hydrogens (tertiary/aromatic N) is 1.